The molecule has 0 fully saturated rings. The van der Waals surface area contributed by atoms with Crippen LogP contribution in [0.4, 0.5) is 4.79 Å². The Bertz CT molecular complexity index is 854. The molecule has 0 saturated heterocycles. The summed E-state index contributed by atoms with van der Waals surface area (Å²) in [7, 11) is -3.49. The fraction of sp³-hybridized carbons (Fsp3) is 0.316. The number of nitrogens with one attached hydrogen (secondary N) is 2. The number of amides is 1. The van der Waals surface area contributed by atoms with Gasteiger partial charge in [0.15, 0.2) is 0 Å². The first-order valence-corrected chi connectivity index (χ1v) is 10.1. The van der Waals surface area contributed by atoms with Crippen LogP contribution >= 0.6 is 0 Å². The number of sulfonamides is 1. The first kappa shape index (κ1) is 20.7. The molecule has 0 bridgehead atoms. The predicted octanol–water partition coefficient (Wildman–Crippen LogP) is 2.60. The Kier molecular flexibility index (Phi) is 7.63. The van der Waals surface area contributed by atoms with E-state index in [4.69, 9.17) is 9.47 Å². The quantitative estimate of drug-likeness (QED) is 0.640. The monoisotopic (exact) mass is 392 g/mol. The molecule has 0 aliphatic heterocycles. The van der Waals surface area contributed by atoms with Gasteiger partial charge < -0.3 is 14.8 Å². The van der Waals surface area contributed by atoms with Crippen LogP contribution in [0, 0.1) is 6.92 Å². The minimum atomic E-state index is -3.49. The number of carbonyl (C=O) groups excluding carboxylic acids is 1. The molecule has 0 aliphatic rings. The fourth-order valence-corrected chi connectivity index (χ4v) is 3.44. The van der Waals surface area contributed by atoms with Crippen molar-refractivity contribution in [1.82, 2.24) is 10.0 Å². The van der Waals surface area contributed by atoms with Gasteiger partial charge in [0.05, 0.1) is 11.4 Å². The third-order valence-electron chi connectivity index (χ3n) is 3.63. The number of alkyl carbamates (subject to hydrolysis) is 1. The minimum Gasteiger partial charge on any atom is -0.491 e. The van der Waals surface area contributed by atoms with Crippen LogP contribution < -0.4 is 14.8 Å². The van der Waals surface area contributed by atoms with Crippen LogP contribution in [0.1, 0.15) is 18.1 Å². The van der Waals surface area contributed by atoms with Crippen LogP contribution in [-0.4, -0.2) is 34.2 Å². The summed E-state index contributed by atoms with van der Waals surface area (Å²) in [5.74, 6) is 0.560. The molecule has 1 amide bonds. The van der Waals surface area contributed by atoms with Gasteiger partial charge in [-0.15, -0.1) is 0 Å². The third kappa shape index (κ3) is 6.58. The molecule has 7 nitrogen and oxygen atoms in total. The van der Waals surface area contributed by atoms with Gasteiger partial charge in [0, 0.05) is 6.54 Å². The maximum Gasteiger partial charge on any atom is 0.407 e. The predicted molar refractivity (Wildman–Crippen MR) is 102 cm³/mol. The fourth-order valence-electron chi connectivity index (χ4n) is 2.31. The van der Waals surface area contributed by atoms with Gasteiger partial charge >= 0.3 is 6.09 Å². The van der Waals surface area contributed by atoms with E-state index in [-0.39, 0.29) is 24.7 Å². The van der Waals surface area contributed by atoms with Gasteiger partial charge in [0.25, 0.3) is 0 Å². The average Bonchev–Trinajstić information content (AvgIpc) is 2.65. The number of carbonyl (C=O) groups is 1. The first-order valence-electron chi connectivity index (χ1n) is 8.60. The van der Waals surface area contributed by atoms with E-state index >= 15 is 0 Å². The van der Waals surface area contributed by atoms with Crippen LogP contribution in [0.2, 0.25) is 0 Å². The van der Waals surface area contributed by atoms with E-state index in [0.717, 1.165) is 5.56 Å². The van der Waals surface area contributed by atoms with E-state index in [9.17, 15) is 13.2 Å². The summed E-state index contributed by atoms with van der Waals surface area (Å²) in [6.07, 6.45) is -0.522. The smallest absolute Gasteiger partial charge is 0.407 e. The Morgan fingerprint density at radius 1 is 1.11 bits per heavy atom. The minimum absolute atomic E-state index is 0.191. The normalized spacial score (nSPS) is 11.0. The first-order chi connectivity index (χ1) is 12.9. The Morgan fingerprint density at radius 2 is 1.85 bits per heavy atom. The molecule has 0 atom stereocenters. The zero-order chi connectivity index (χ0) is 19.7. The SMILES string of the molecule is CCNS(=O)(=O)c1ccc(OCCNC(=O)OCc2ccccc2)c(C)c1. The van der Waals surface area contributed by atoms with Crippen LogP contribution in [0.25, 0.3) is 0 Å². The molecule has 2 aromatic carbocycles. The second-order valence-electron chi connectivity index (χ2n) is 5.77. The molecule has 2 aromatic rings. The topological polar surface area (TPSA) is 93.7 Å². The van der Waals surface area contributed by atoms with Crippen LogP contribution in [0.3, 0.4) is 0 Å². The van der Waals surface area contributed by atoms with Crippen molar-refractivity contribution in [3.8, 4) is 5.75 Å². The number of hydrogen-bond donors (Lipinski definition) is 2. The van der Waals surface area contributed by atoms with Crippen LogP contribution in [-0.2, 0) is 21.4 Å². The van der Waals surface area contributed by atoms with Gasteiger partial charge in [-0.25, -0.2) is 17.9 Å². The van der Waals surface area contributed by atoms with Gasteiger partial charge in [0.2, 0.25) is 10.0 Å². The molecular formula is C19H24N2O5S. The van der Waals surface area contributed by atoms with Crippen molar-refractivity contribution in [3.05, 3.63) is 59.7 Å². The highest BCUT2D eigenvalue weighted by molar-refractivity contribution is 7.89. The van der Waals surface area contributed by atoms with Crippen molar-refractivity contribution in [3.63, 3.8) is 0 Å². The van der Waals surface area contributed by atoms with Crippen molar-refractivity contribution in [2.45, 2.75) is 25.3 Å². The summed E-state index contributed by atoms with van der Waals surface area (Å²) >= 11 is 0. The van der Waals surface area contributed by atoms with Gasteiger partial charge in [0.1, 0.15) is 19.0 Å². The van der Waals surface area contributed by atoms with Gasteiger partial charge in [-0.3, -0.25) is 0 Å². The van der Waals surface area contributed by atoms with Gasteiger partial charge in [-0.2, -0.15) is 0 Å². The summed E-state index contributed by atoms with van der Waals surface area (Å²) < 4.78 is 37.1. The molecule has 0 spiro atoms. The largest absolute Gasteiger partial charge is 0.491 e. The molecule has 2 rings (SSSR count). The highest BCUT2D eigenvalue weighted by Gasteiger charge is 2.14. The van der Waals surface area contributed by atoms with Gasteiger partial charge in [-0.05, 0) is 36.2 Å². The summed E-state index contributed by atoms with van der Waals surface area (Å²) in [6, 6.07) is 14.0. The molecule has 0 unspecified atom stereocenters. The maximum atomic E-state index is 12.0. The van der Waals surface area contributed by atoms with Crippen molar-refractivity contribution in [1.29, 1.82) is 0 Å². The van der Waals surface area contributed by atoms with E-state index in [1.54, 1.807) is 26.0 Å². The highest BCUT2D eigenvalue weighted by Crippen LogP contribution is 2.21. The molecule has 146 valence electrons. The zero-order valence-electron chi connectivity index (χ0n) is 15.4. The molecular weight excluding hydrogens is 368 g/mol. The standard InChI is InChI=1S/C19H24N2O5S/c1-3-21-27(23,24)17-9-10-18(15(2)13-17)25-12-11-20-19(22)26-14-16-7-5-4-6-8-16/h4-10,13,21H,3,11-12,14H2,1-2H3,(H,20,22). The molecule has 27 heavy (non-hydrogen) atoms. The number of ether oxygens (including phenoxy) is 2. The Morgan fingerprint density at radius 3 is 2.52 bits per heavy atom. The Hall–Kier alpha value is -2.58. The van der Waals surface area contributed by atoms with E-state index in [1.807, 2.05) is 30.3 Å². The lowest BCUT2D eigenvalue weighted by Gasteiger charge is -2.12. The lowest BCUT2D eigenvalue weighted by molar-refractivity contribution is 0.137. The maximum absolute atomic E-state index is 12.0. The summed E-state index contributed by atoms with van der Waals surface area (Å²) in [6.45, 7) is 4.52. The van der Waals surface area contributed by atoms with E-state index < -0.39 is 16.1 Å². The summed E-state index contributed by atoms with van der Waals surface area (Å²) in [5.41, 5.74) is 1.60. The zero-order valence-corrected chi connectivity index (χ0v) is 16.2. The van der Waals surface area contributed by atoms with Gasteiger partial charge in [-0.1, -0.05) is 37.3 Å². The van der Waals surface area contributed by atoms with E-state index in [0.29, 0.717) is 17.9 Å². The average molecular weight is 392 g/mol. The number of aryl methyl sites for hydroxylation is 1. The molecule has 0 radical (unpaired) electrons. The Labute approximate surface area is 159 Å². The lowest BCUT2D eigenvalue weighted by atomic mass is 10.2. The second kappa shape index (κ2) is 9.94. The number of rotatable bonds is 9. The molecule has 0 saturated carbocycles. The van der Waals surface area contributed by atoms with E-state index in [1.165, 1.54) is 6.07 Å². The van der Waals surface area contributed by atoms with Crippen molar-refractivity contribution in [2.24, 2.45) is 0 Å². The van der Waals surface area contributed by atoms with Crippen molar-refractivity contribution < 1.29 is 22.7 Å². The highest BCUT2D eigenvalue weighted by atomic mass is 32.2. The molecule has 2 N–H and O–H groups in total. The molecule has 0 aromatic heterocycles. The number of hydrogen-bond acceptors (Lipinski definition) is 5. The Balaban J connectivity index is 1.76. The summed E-state index contributed by atoms with van der Waals surface area (Å²) in [5, 5.41) is 2.60. The lowest BCUT2D eigenvalue weighted by Crippen LogP contribution is -2.28. The third-order valence-corrected chi connectivity index (χ3v) is 5.18. The molecule has 8 heteroatoms. The van der Waals surface area contributed by atoms with Crippen molar-refractivity contribution in [2.75, 3.05) is 19.7 Å². The summed E-state index contributed by atoms with van der Waals surface area (Å²) in [4.78, 5) is 11.8. The molecule has 0 aliphatic carbocycles. The van der Waals surface area contributed by atoms with Crippen molar-refractivity contribution >= 4 is 16.1 Å². The number of benzene rings is 2. The second-order valence-corrected chi connectivity index (χ2v) is 7.53. The molecule has 0 heterocycles. The van der Waals surface area contributed by atoms with E-state index in [2.05, 4.69) is 10.0 Å². The van der Waals surface area contributed by atoms with Crippen LogP contribution in [0.5, 0.6) is 5.75 Å². The van der Waals surface area contributed by atoms with Crippen LogP contribution in [0.15, 0.2) is 53.4 Å².